The first-order chi connectivity index (χ1) is 9.47. The first kappa shape index (κ1) is 15.2. The summed E-state index contributed by atoms with van der Waals surface area (Å²) in [5, 5.41) is 3.19. The number of hydrogen-bond acceptors (Lipinski definition) is 2. The van der Waals surface area contributed by atoms with Crippen molar-refractivity contribution in [2.75, 3.05) is 5.32 Å². The Morgan fingerprint density at radius 3 is 2.60 bits per heavy atom. The molecular weight excluding hydrogens is 407 g/mol. The Morgan fingerprint density at radius 1 is 1.20 bits per heavy atom. The molecule has 2 aromatic rings. The third-order valence-corrected chi connectivity index (χ3v) is 3.82. The van der Waals surface area contributed by atoms with Crippen molar-refractivity contribution in [2.45, 2.75) is 0 Å². The minimum absolute atomic E-state index is 0.231. The van der Waals surface area contributed by atoms with E-state index in [1.807, 2.05) is 12.1 Å². The molecule has 102 valence electrons. The lowest BCUT2D eigenvalue weighted by atomic mass is 10.1. The SMILES string of the molecule is NC(=S)c1ccc(Cl)c(NC(=O)c2cccc(I)c2)c1. The fourth-order valence-corrected chi connectivity index (χ4v) is 2.43. The van der Waals surface area contributed by atoms with Crippen molar-refractivity contribution >= 4 is 63.0 Å². The van der Waals surface area contributed by atoms with Gasteiger partial charge < -0.3 is 11.1 Å². The molecule has 3 N–H and O–H groups in total. The van der Waals surface area contributed by atoms with Gasteiger partial charge in [-0.15, -0.1) is 0 Å². The molecule has 0 aliphatic rings. The molecule has 6 heteroatoms. The quantitative estimate of drug-likeness (QED) is 0.591. The lowest BCUT2D eigenvalue weighted by Crippen LogP contribution is -2.14. The van der Waals surface area contributed by atoms with Crippen LogP contribution in [0.25, 0.3) is 0 Å². The Morgan fingerprint density at radius 2 is 1.95 bits per heavy atom. The number of carbonyl (C=O) groups is 1. The highest BCUT2D eigenvalue weighted by Gasteiger charge is 2.10. The van der Waals surface area contributed by atoms with E-state index < -0.39 is 0 Å². The topological polar surface area (TPSA) is 55.1 Å². The number of thiocarbonyl (C=S) groups is 1. The minimum atomic E-state index is -0.231. The highest BCUT2D eigenvalue weighted by Crippen LogP contribution is 2.24. The number of nitrogens with one attached hydrogen (secondary N) is 1. The van der Waals surface area contributed by atoms with E-state index in [4.69, 9.17) is 29.6 Å². The van der Waals surface area contributed by atoms with Gasteiger partial charge in [0.05, 0.1) is 10.7 Å². The van der Waals surface area contributed by atoms with Gasteiger partial charge in [0.25, 0.3) is 5.91 Å². The number of benzene rings is 2. The van der Waals surface area contributed by atoms with Crippen molar-refractivity contribution in [3.63, 3.8) is 0 Å². The van der Waals surface area contributed by atoms with Gasteiger partial charge in [-0.25, -0.2) is 0 Å². The van der Waals surface area contributed by atoms with Gasteiger partial charge in [-0.05, 0) is 52.9 Å². The summed E-state index contributed by atoms with van der Waals surface area (Å²) in [6.45, 7) is 0. The normalized spacial score (nSPS) is 10.1. The number of hydrogen-bond donors (Lipinski definition) is 2. The average Bonchev–Trinajstić information content (AvgIpc) is 2.41. The minimum Gasteiger partial charge on any atom is -0.389 e. The third-order valence-electron chi connectivity index (χ3n) is 2.59. The van der Waals surface area contributed by atoms with E-state index in [2.05, 4.69) is 27.9 Å². The molecule has 20 heavy (non-hydrogen) atoms. The Kier molecular flexibility index (Phi) is 4.95. The van der Waals surface area contributed by atoms with Crippen molar-refractivity contribution in [1.29, 1.82) is 0 Å². The van der Waals surface area contributed by atoms with Gasteiger partial charge in [0.2, 0.25) is 0 Å². The van der Waals surface area contributed by atoms with Crippen LogP contribution < -0.4 is 11.1 Å². The van der Waals surface area contributed by atoms with Crippen LogP contribution in [0.2, 0.25) is 5.02 Å². The molecule has 0 radical (unpaired) electrons. The third kappa shape index (κ3) is 3.68. The molecular formula is C14H10ClIN2OS. The summed E-state index contributed by atoms with van der Waals surface area (Å²) < 4.78 is 0.984. The predicted octanol–water partition coefficient (Wildman–Crippen LogP) is 3.83. The van der Waals surface area contributed by atoms with Gasteiger partial charge in [0, 0.05) is 14.7 Å². The number of carbonyl (C=O) groups excluding carboxylic acids is 1. The van der Waals surface area contributed by atoms with Crippen LogP contribution in [0.4, 0.5) is 5.69 Å². The molecule has 2 aromatic carbocycles. The molecule has 3 nitrogen and oxygen atoms in total. The molecule has 0 fully saturated rings. The van der Waals surface area contributed by atoms with E-state index >= 15 is 0 Å². The maximum atomic E-state index is 12.2. The lowest BCUT2D eigenvalue weighted by molar-refractivity contribution is 0.102. The summed E-state index contributed by atoms with van der Waals surface area (Å²) >= 11 is 13.1. The highest BCUT2D eigenvalue weighted by atomic mass is 127. The van der Waals surface area contributed by atoms with Crippen molar-refractivity contribution in [3.05, 3.63) is 62.2 Å². The van der Waals surface area contributed by atoms with Crippen molar-refractivity contribution in [3.8, 4) is 0 Å². The largest absolute Gasteiger partial charge is 0.389 e. The van der Waals surface area contributed by atoms with Crippen LogP contribution >= 0.6 is 46.4 Å². The molecule has 0 aliphatic carbocycles. The molecule has 0 spiro atoms. The molecule has 1 amide bonds. The molecule has 0 bridgehead atoms. The smallest absolute Gasteiger partial charge is 0.255 e. The van der Waals surface area contributed by atoms with E-state index in [9.17, 15) is 4.79 Å². The highest BCUT2D eigenvalue weighted by molar-refractivity contribution is 14.1. The maximum absolute atomic E-state index is 12.2. The van der Waals surface area contributed by atoms with E-state index in [0.29, 0.717) is 21.8 Å². The van der Waals surface area contributed by atoms with Crippen LogP contribution in [0.1, 0.15) is 15.9 Å². The van der Waals surface area contributed by atoms with Crippen molar-refractivity contribution in [1.82, 2.24) is 0 Å². The predicted molar refractivity (Wildman–Crippen MR) is 94.5 cm³/mol. The van der Waals surface area contributed by atoms with Crippen LogP contribution in [-0.4, -0.2) is 10.9 Å². The Labute approximate surface area is 140 Å². The van der Waals surface area contributed by atoms with Crippen LogP contribution in [0.15, 0.2) is 42.5 Å². The summed E-state index contributed by atoms with van der Waals surface area (Å²) in [4.78, 5) is 12.4. The summed E-state index contributed by atoms with van der Waals surface area (Å²) in [7, 11) is 0. The van der Waals surface area contributed by atoms with Crippen LogP contribution in [0.5, 0.6) is 0 Å². The van der Waals surface area contributed by atoms with E-state index in [-0.39, 0.29) is 10.9 Å². The Bertz CT molecular complexity index is 691. The first-order valence-electron chi connectivity index (χ1n) is 5.63. The molecule has 0 unspecified atom stereocenters. The summed E-state index contributed by atoms with van der Waals surface area (Å²) in [5.41, 5.74) is 7.27. The summed E-state index contributed by atoms with van der Waals surface area (Å²) in [6, 6.07) is 12.3. The van der Waals surface area contributed by atoms with Gasteiger partial charge in [0.1, 0.15) is 4.99 Å². The zero-order valence-corrected chi connectivity index (χ0v) is 13.9. The molecule has 0 aliphatic heterocycles. The summed E-state index contributed by atoms with van der Waals surface area (Å²) in [6.07, 6.45) is 0. The summed E-state index contributed by atoms with van der Waals surface area (Å²) in [5.74, 6) is -0.231. The lowest BCUT2D eigenvalue weighted by Gasteiger charge is -2.09. The van der Waals surface area contributed by atoms with Crippen LogP contribution in [0, 0.1) is 3.57 Å². The first-order valence-corrected chi connectivity index (χ1v) is 7.50. The second-order valence-corrected chi connectivity index (χ2v) is 6.12. The van der Waals surface area contributed by atoms with E-state index in [1.165, 1.54) is 0 Å². The van der Waals surface area contributed by atoms with Gasteiger partial charge in [-0.2, -0.15) is 0 Å². The average molecular weight is 417 g/mol. The molecule has 0 aromatic heterocycles. The number of rotatable bonds is 3. The second-order valence-electron chi connectivity index (χ2n) is 4.02. The molecule has 2 rings (SSSR count). The number of anilines is 1. The molecule has 0 heterocycles. The van der Waals surface area contributed by atoms with Crippen molar-refractivity contribution in [2.24, 2.45) is 5.73 Å². The number of nitrogens with two attached hydrogens (primary N) is 1. The van der Waals surface area contributed by atoms with Gasteiger partial charge in [-0.3, -0.25) is 4.79 Å². The van der Waals surface area contributed by atoms with Crippen LogP contribution in [-0.2, 0) is 0 Å². The zero-order valence-electron chi connectivity index (χ0n) is 10.2. The Balaban J connectivity index is 2.27. The standard InChI is InChI=1S/C14H10ClIN2OS/c15-11-5-4-8(13(17)20)7-12(11)18-14(19)9-2-1-3-10(16)6-9/h1-7H,(H2,17,20)(H,18,19). The number of amides is 1. The fourth-order valence-electron chi connectivity index (χ4n) is 1.60. The van der Waals surface area contributed by atoms with Gasteiger partial charge in [-0.1, -0.05) is 36.0 Å². The fraction of sp³-hybridized carbons (Fsp3) is 0. The van der Waals surface area contributed by atoms with Crippen molar-refractivity contribution < 1.29 is 4.79 Å². The monoisotopic (exact) mass is 416 g/mol. The van der Waals surface area contributed by atoms with Crippen LogP contribution in [0.3, 0.4) is 0 Å². The zero-order chi connectivity index (χ0) is 14.7. The Hall–Kier alpha value is -1.18. The molecule has 0 atom stereocenters. The van der Waals surface area contributed by atoms with E-state index in [0.717, 1.165) is 3.57 Å². The maximum Gasteiger partial charge on any atom is 0.255 e. The second kappa shape index (κ2) is 6.51. The van der Waals surface area contributed by atoms with Gasteiger partial charge in [0.15, 0.2) is 0 Å². The molecule has 0 saturated heterocycles. The molecule has 0 saturated carbocycles. The number of halogens is 2. The van der Waals surface area contributed by atoms with E-state index in [1.54, 1.807) is 30.3 Å². The van der Waals surface area contributed by atoms with Gasteiger partial charge >= 0.3 is 0 Å².